The Kier molecular flexibility index (Phi) is 7.43. The number of ether oxygens (including phenoxy) is 1. The van der Waals surface area contributed by atoms with Gasteiger partial charge in [0.1, 0.15) is 5.75 Å². The Morgan fingerprint density at radius 1 is 1.24 bits per heavy atom. The van der Waals surface area contributed by atoms with E-state index in [0.717, 1.165) is 17.7 Å². The first-order valence-corrected chi connectivity index (χ1v) is 13.0. The molecule has 2 nitrogen and oxygen atoms in total. The van der Waals surface area contributed by atoms with Crippen LogP contribution in [-0.4, -0.2) is 27.8 Å². The van der Waals surface area contributed by atoms with Crippen molar-refractivity contribution in [1.29, 1.82) is 0 Å². The average molecular weight is 381 g/mol. The standard InChI is InChI=1S/C21H36O2SSi/c1-14(2)18(23-25(10,11)21(5,6)7)12-17-13-19(24-9)15(3)16(4)20(17)22-8/h13,18H,1,12H2,2-11H3. The summed E-state index contributed by atoms with van der Waals surface area (Å²) in [5.74, 6) is 0.986. The molecule has 1 aromatic rings. The summed E-state index contributed by atoms with van der Waals surface area (Å²) >= 11 is 1.79. The Labute approximate surface area is 160 Å². The minimum Gasteiger partial charge on any atom is -0.496 e. The quantitative estimate of drug-likeness (QED) is 0.304. The molecule has 0 fully saturated rings. The Morgan fingerprint density at radius 3 is 2.20 bits per heavy atom. The zero-order valence-corrected chi connectivity index (χ0v) is 19.6. The lowest BCUT2D eigenvalue weighted by molar-refractivity contribution is 0.213. The van der Waals surface area contributed by atoms with E-state index < -0.39 is 8.32 Å². The van der Waals surface area contributed by atoms with E-state index in [1.54, 1.807) is 18.9 Å². The van der Waals surface area contributed by atoms with Gasteiger partial charge in [-0.3, -0.25) is 0 Å². The van der Waals surface area contributed by atoms with Gasteiger partial charge in [-0.15, -0.1) is 11.8 Å². The van der Waals surface area contributed by atoms with Crippen molar-refractivity contribution in [3.63, 3.8) is 0 Å². The highest BCUT2D eigenvalue weighted by atomic mass is 32.2. The molecule has 4 heteroatoms. The number of thioether (sulfide) groups is 1. The van der Waals surface area contributed by atoms with E-state index in [1.165, 1.54) is 21.6 Å². The van der Waals surface area contributed by atoms with Gasteiger partial charge in [0, 0.05) is 11.3 Å². The molecule has 0 N–H and O–H groups in total. The highest BCUT2D eigenvalue weighted by Gasteiger charge is 2.39. The third-order valence-electron chi connectivity index (χ3n) is 5.49. The molecule has 0 bridgehead atoms. The molecule has 0 saturated heterocycles. The lowest BCUT2D eigenvalue weighted by atomic mass is 9.98. The van der Waals surface area contributed by atoms with Crippen LogP contribution in [0.1, 0.15) is 44.4 Å². The smallest absolute Gasteiger partial charge is 0.192 e. The van der Waals surface area contributed by atoms with Crippen molar-refractivity contribution < 1.29 is 9.16 Å². The second-order valence-corrected chi connectivity index (χ2v) is 14.0. The fourth-order valence-corrected chi connectivity index (χ4v) is 4.69. The van der Waals surface area contributed by atoms with Crippen LogP contribution in [0.5, 0.6) is 5.75 Å². The van der Waals surface area contributed by atoms with Crippen LogP contribution in [0.15, 0.2) is 23.1 Å². The van der Waals surface area contributed by atoms with Crippen LogP contribution >= 0.6 is 11.8 Å². The molecule has 1 unspecified atom stereocenters. The molecule has 0 aliphatic heterocycles. The number of benzene rings is 1. The summed E-state index contributed by atoms with van der Waals surface area (Å²) in [6.07, 6.45) is 2.95. The molecule has 0 amide bonds. The van der Waals surface area contributed by atoms with E-state index in [0.29, 0.717) is 0 Å². The Morgan fingerprint density at radius 2 is 1.80 bits per heavy atom. The zero-order chi connectivity index (χ0) is 19.6. The Balaban J connectivity index is 3.27. The fraction of sp³-hybridized carbons (Fsp3) is 0.619. The first-order chi connectivity index (χ1) is 11.4. The van der Waals surface area contributed by atoms with Crippen molar-refractivity contribution >= 4 is 20.1 Å². The van der Waals surface area contributed by atoms with E-state index in [9.17, 15) is 0 Å². The average Bonchev–Trinajstić information content (AvgIpc) is 2.48. The van der Waals surface area contributed by atoms with Gasteiger partial charge in [-0.25, -0.2) is 0 Å². The van der Waals surface area contributed by atoms with Gasteiger partial charge in [0.2, 0.25) is 0 Å². The van der Waals surface area contributed by atoms with E-state index in [-0.39, 0.29) is 11.1 Å². The van der Waals surface area contributed by atoms with Gasteiger partial charge >= 0.3 is 0 Å². The second kappa shape index (κ2) is 8.32. The summed E-state index contributed by atoms with van der Waals surface area (Å²) in [4.78, 5) is 1.31. The Bertz CT molecular complexity index is 630. The van der Waals surface area contributed by atoms with Crippen LogP contribution in [0.4, 0.5) is 0 Å². The molecule has 25 heavy (non-hydrogen) atoms. The van der Waals surface area contributed by atoms with Crippen LogP contribution in [0.2, 0.25) is 18.1 Å². The molecule has 0 aliphatic rings. The first-order valence-electron chi connectivity index (χ1n) is 8.90. The lowest BCUT2D eigenvalue weighted by Gasteiger charge is -2.39. The third-order valence-corrected chi connectivity index (χ3v) is 10.8. The largest absolute Gasteiger partial charge is 0.496 e. The van der Waals surface area contributed by atoms with Crippen LogP contribution in [0, 0.1) is 13.8 Å². The van der Waals surface area contributed by atoms with E-state index in [1.807, 2.05) is 0 Å². The molecule has 0 saturated carbocycles. The van der Waals surface area contributed by atoms with Crippen molar-refractivity contribution in [2.75, 3.05) is 13.4 Å². The van der Waals surface area contributed by atoms with Crippen molar-refractivity contribution in [3.05, 3.63) is 34.9 Å². The number of methoxy groups -OCH3 is 1. The predicted molar refractivity (Wildman–Crippen MR) is 115 cm³/mol. The van der Waals surface area contributed by atoms with E-state index in [2.05, 4.69) is 73.5 Å². The molecule has 1 rings (SSSR count). The van der Waals surface area contributed by atoms with Crippen molar-refractivity contribution in [2.45, 2.75) is 77.1 Å². The maximum absolute atomic E-state index is 6.69. The minimum absolute atomic E-state index is 0.0200. The molecule has 0 aliphatic carbocycles. The number of rotatable bonds is 7. The monoisotopic (exact) mass is 380 g/mol. The van der Waals surface area contributed by atoms with Crippen LogP contribution in [-0.2, 0) is 10.8 Å². The van der Waals surface area contributed by atoms with Crippen molar-refractivity contribution in [3.8, 4) is 5.75 Å². The highest BCUT2D eigenvalue weighted by molar-refractivity contribution is 7.98. The summed E-state index contributed by atoms with van der Waals surface area (Å²) in [5, 5.41) is 0.179. The summed E-state index contributed by atoms with van der Waals surface area (Å²) in [6.45, 7) is 22.0. The SMILES string of the molecule is C=C(C)C(Cc1cc(SC)c(C)c(C)c1OC)O[Si](C)(C)C(C)(C)C. The maximum atomic E-state index is 6.69. The normalized spacial score (nSPS) is 13.7. The van der Waals surface area contributed by atoms with Crippen LogP contribution in [0.3, 0.4) is 0 Å². The van der Waals surface area contributed by atoms with E-state index >= 15 is 0 Å². The molecular formula is C21H36O2SSi. The third kappa shape index (κ3) is 5.15. The van der Waals surface area contributed by atoms with Crippen molar-refractivity contribution in [1.82, 2.24) is 0 Å². The molecule has 1 atom stereocenters. The van der Waals surface area contributed by atoms with Gasteiger partial charge in [0.25, 0.3) is 0 Å². The van der Waals surface area contributed by atoms with Gasteiger partial charge in [0.05, 0.1) is 13.2 Å². The van der Waals surface area contributed by atoms with E-state index in [4.69, 9.17) is 9.16 Å². The first kappa shape index (κ1) is 22.3. The maximum Gasteiger partial charge on any atom is 0.192 e. The molecule has 0 radical (unpaired) electrons. The molecule has 1 aromatic carbocycles. The molecule has 0 spiro atoms. The molecule has 142 valence electrons. The van der Waals surface area contributed by atoms with Gasteiger partial charge in [0.15, 0.2) is 8.32 Å². The van der Waals surface area contributed by atoms with Crippen molar-refractivity contribution in [2.24, 2.45) is 0 Å². The fourth-order valence-electron chi connectivity index (χ4n) is 2.62. The number of hydrogen-bond acceptors (Lipinski definition) is 3. The van der Waals surface area contributed by atoms with Gasteiger partial charge < -0.3 is 9.16 Å². The minimum atomic E-state index is -1.87. The van der Waals surface area contributed by atoms with Gasteiger partial charge in [-0.1, -0.05) is 32.9 Å². The van der Waals surface area contributed by atoms with Crippen LogP contribution in [0.25, 0.3) is 0 Å². The molecule has 0 heterocycles. The summed E-state index contributed by atoms with van der Waals surface area (Å²) in [7, 11) is -0.107. The number of hydrogen-bond donors (Lipinski definition) is 0. The van der Waals surface area contributed by atoms with Gasteiger partial charge in [-0.2, -0.15) is 0 Å². The molecule has 0 aromatic heterocycles. The highest BCUT2D eigenvalue weighted by Crippen LogP contribution is 2.40. The topological polar surface area (TPSA) is 18.5 Å². The van der Waals surface area contributed by atoms with Gasteiger partial charge in [-0.05, 0) is 67.9 Å². The lowest BCUT2D eigenvalue weighted by Crippen LogP contribution is -2.44. The Hall–Kier alpha value is -0.713. The van der Waals surface area contributed by atoms with Crippen LogP contribution < -0.4 is 4.74 Å². The predicted octanol–water partition coefficient (Wildman–Crippen LogP) is 6.54. The second-order valence-electron chi connectivity index (χ2n) is 8.44. The summed E-state index contributed by atoms with van der Waals surface area (Å²) in [5.41, 5.74) is 4.81. The summed E-state index contributed by atoms with van der Waals surface area (Å²) in [6, 6.07) is 2.26. The summed E-state index contributed by atoms with van der Waals surface area (Å²) < 4.78 is 12.4. The molecular weight excluding hydrogens is 344 g/mol. The zero-order valence-electron chi connectivity index (χ0n) is 17.8.